The van der Waals surface area contributed by atoms with E-state index in [1.165, 1.54) is 59.2 Å². The summed E-state index contributed by atoms with van der Waals surface area (Å²) >= 11 is 0. The van der Waals surface area contributed by atoms with E-state index in [-0.39, 0.29) is 0 Å². The molecule has 0 saturated carbocycles. The van der Waals surface area contributed by atoms with Crippen molar-refractivity contribution in [3.8, 4) is 0 Å². The largest absolute Gasteiger partial charge is 0.468 e. The van der Waals surface area contributed by atoms with Crippen LogP contribution in [0.5, 0.6) is 0 Å². The van der Waals surface area contributed by atoms with Crippen molar-refractivity contribution in [2.45, 2.75) is 71.1 Å². The van der Waals surface area contributed by atoms with Crippen molar-refractivity contribution in [3.63, 3.8) is 0 Å². The Balaban J connectivity index is 3.64. The van der Waals surface area contributed by atoms with E-state index in [1.54, 1.807) is 0 Å². The van der Waals surface area contributed by atoms with Crippen LogP contribution in [0.4, 0.5) is 0 Å². The predicted molar refractivity (Wildman–Crippen MR) is 79.4 cm³/mol. The molecule has 0 amide bonds. The minimum atomic E-state index is -0.755. The van der Waals surface area contributed by atoms with Gasteiger partial charge in [0.15, 0.2) is 5.92 Å². The van der Waals surface area contributed by atoms with Crippen LogP contribution in [-0.4, -0.2) is 26.2 Å². The van der Waals surface area contributed by atoms with E-state index in [4.69, 9.17) is 0 Å². The molecule has 0 spiro atoms. The topological polar surface area (TPSA) is 52.6 Å². The predicted octanol–water partition coefficient (Wildman–Crippen LogP) is 3.87. The number of ether oxygens (including phenoxy) is 2. The number of hydrogen-bond acceptors (Lipinski definition) is 4. The molecule has 118 valence electrons. The first-order valence-corrected chi connectivity index (χ1v) is 7.83. The Hall–Kier alpha value is -1.06. The number of methoxy groups -OCH3 is 2. The smallest absolute Gasteiger partial charge is 0.320 e. The van der Waals surface area contributed by atoms with Crippen molar-refractivity contribution in [1.82, 2.24) is 0 Å². The number of carbonyl (C=O) groups is 2. The highest BCUT2D eigenvalue weighted by molar-refractivity contribution is 5.94. The van der Waals surface area contributed by atoms with E-state index in [9.17, 15) is 9.59 Å². The average molecular weight is 286 g/mol. The number of hydrogen-bond donors (Lipinski definition) is 0. The third kappa shape index (κ3) is 8.94. The highest BCUT2D eigenvalue weighted by Gasteiger charge is 2.27. The lowest BCUT2D eigenvalue weighted by molar-refractivity contribution is -0.159. The maximum Gasteiger partial charge on any atom is 0.320 e. The zero-order chi connectivity index (χ0) is 15.2. The molecule has 0 aromatic rings. The molecule has 0 aliphatic rings. The van der Waals surface area contributed by atoms with Crippen LogP contribution < -0.4 is 0 Å². The summed E-state index contributed by atoms with van der Waals surface area (Å²) in [5, 5.41) is 0. The molecule has 20 heavy (non-hydrogen) atoms. The molecule has 0 unspecified atom stereocenters. The standard InChI is InChI=1S/C16H30O4/c1-4-5-6-7-8-9-10-11-12-13-14(15(17)19-2)16(18)20-3/h14H,4-13H2,1-3H3. The van der Waals surface area contributed by atoms with Gasteiger partial charge in [0.1, 0.15) is 0 Å². The summed E-state index contributed by atoms with van der Waals surface area (Å²) in [6.07, 6.45) is 11.4. The molecule has 0 atom stereocenters. The van der Waals surface area contributed by atoms with Crippen molar-refractivity contribution < 1.29 is 19.1 Å². The third-order valence-electron chi connectivity index (χ3n) is 3.57. The van der Waals surface area contributed by atoms with E-state index in [2.05, 4.69) is 16.4 Å². The fourth-order valence-electron chi connectivity index (χ4n) is 2.28. The second kappa shape index (κ2) is 12.9. The quantitative estimate of drug-likeness (QED) is 0.310. The van der Waals surface area contributed by atoms with Crippen molar-refractivity contribution in [2.24, 2.45) is 5.92 Å². The SMILES string of the molecule is CCCCCCCCCCCC(C(=O)OC)C(=O)OC. The maximum atomic E-state index is 11.5. The first kappa shape index (κ1) is 18.9. The molecule has 0 heterocycles. The zero-order valence-corrected chi connectivity index (χ0v) is 13.3. The monoisotopic (exact) mass is 286 g/mol. The Morgan fingerprint density at radius 1 is 0.750 bits per heavy atom. The van der Waals surface area contributed by atoms with Crippen molar-refractivity contribution in [3.05, 3.63) is 0 Å². The van der Waals surface area contributed by atoms with Gasteiger partial charge in [-0.3, -0.25) is 9.59 Å². The molecule has 0 fully saturated rings. The average Bonchev–Trinajstić information content (AvgIpc) is 2.48. The minimum Gasteiger partial charge on any atom is -0.468 e. The first-order chi connectivity index (χ1) is 9.67. The molecule has 0 aromatic heterocycles. The van der Waals surface area contributed by atoms with Gasteiger partial charge in [0.2, 0.25) is 0 Å². The van der Waals surface area contributed by atoms with Crippen LogP contribution >= 0.6 is 0 Å². The van der Waals surface area contributed by atoms with Gasteiger partial charge in [0.05, 0.1) is 14.2 Å². The van der Waals surface area contributed by atoms with Crippen LogP contribution in [0.15, 0.2) is 0 Å². The summed E-state index contributed by atoms with van der Waals surface area (Å²) in [6, 6.07) is 0. The molecule has 0 aliphatic carbocycles. The summed E-state index contributed by atoms with van der Waals surface area (Å²) in [5.41, 5.74) is 0. The molecule has 0 radical (unpaired) electrons. The molecule has 4 heteroatoms. The Morgan fingerprint density at radius 2 is 1.15 bits per heavy atom. The summed E-state index contributed by atoms with van der Waals surface area (Å²) in [7, 11) is 2.60. The van der Waals surface area contributed by atoms with Crippen LogP contribution in [-0.2, 0) is 19.1 Å². The molecule has 0 aliphatic heterocycles. The van der Waals surface area contributed by atoms with Crippen LogP contribution in [0.25, 0.3) is 0 Å². The Morgan fingerprint density at radius 3 is 1.55 bits per heavy atom. The Labute approximate surface area is 123 Å². The molecule has 0 bridgehead atoms. The zero-order valence-electron chi connectivity index (χ0n) is 13.3. The Bertz CT molecular complexity index is 247. The van der Waals surface area contributed by atoms with Gasteiger partial charge in [-0.15, -0.1) is 0 Å². The molecule has 0 rings (SSSR count). The van der Waals surface area contributed by atoms with Gasteiger partial charge in [-0.25, -0.2) is 0 Å². The van der Waals surface area contributed by atoms with Crippen LogP contribution in [0.3, 0.4) is 0 Å². The minimum absolute atomic E-state index is 0.489. The lowest BCUT2D eigenvalue weighted by Crippen LogP contribution is -2.26. The fraction of sp³-hybridized carbons (Fsp3) is 0.875. The summed E-state index contributed by atoms with van der Waals surface area (Å²) in [4.78, 5) is 22.9. The van der Waals surface area contributed by atoms with E-state index in [1.807, 2.05) is 0 Å². The third-order valence-corrected chi connectivity index (χ3v) is 3.57. The molecular formula is C16H30O4. The van der Waals surface area contributed by atoms with Gasteiger partial charge in [0.25, 0.3) is 0 Å². The van der Waals surface area contributed by atoms with Crippen LogP contribution in [0.2, 0.25) is 0 Å². The molecule has 0 aromatic carbocycles. The van der Waals surface area contributed by atoms with Gasteiger partial charge >= 0.3 is 11.9 Å². The van der Waals surface area contributed by atoms with E-state index in [0.717, 1.165) is 12.8 Å². The number of unbranched alkanes of at least 4 members (excludes halogenated alkanes) is 8. The molecule has 4 nitrogen and oxygen atoms in total. The lowest BCUT2D eigenvalue weighted by Gasteiger charge is -2.11. The van der Waals surface area contributed by atoms with E-state index in [0.29, 0.717) is 6.42 Å². The number of esters is 2. The van der Waals surface area contributed by atoms with Crippen molar-refractivity contribution in [2.75, 3.05) is 14.2 Å². The molecular weight excluding hydrogens is 256 g/mol. The maximum absolute atomic E-state index is 11.5. The molecule has 0 N–H and O–H groups in total. The summed E-state index contributed by atoms with van der Waals surface area (Å²) < 4.78 is 9.26. The van der Waals surface area contributed by atoms with Crippen LogP contribution in [0.1, 0.15) is 71.1 Å². The van der Waals surface area contributed by atoms with Crippen molar-refractivity contribution in [1.29, 1.82) is 0 Å². The van der Waals surface area contributed by atoms with Gasteiger partial charge < -0.3 is 9.47 Å². The van der Waals surface area contributed by atoms with Gasteiger partial charge in [0, 0.05) is 0 Å². The molecule has 0 saturated heterocycles. The number of rotatable bonds is 12. The van der Waals surface area contributed by atoms with Crippen LogP contribution in [0, 0.1) is 5.92 Å². The summed E-state index contributed by atoms with van der Waals surface area (Å²) in [6.45, 7) is 2.22. The van der Waals surface area contributed by atoms with E-state index >= 15 is 0 Å². The van der Waals surface area contributed by atoms with Gasteiger partial charge in [-0.1, -0.05) is 64.7 Å². The van der Waals surface area contributed by atoms with Gasteiger partial charge in [-0.05, 0) is 6.42 Å². The van der Waals surface area contributed by atoms with Crippen molar-refractivity contribution >= 4 is 11.9 Å². The Kier molecular flexibility index (Phi) is 12.3. The number of carbonyl (C=O) groups excluding carboxylic acids is 2. The lowest BCUT2D eigenvalue weighted by atomic mass is 10.00. The summed E-state index contributed by atoms with van der Waals surface area (Å²) in [5.74, 6) is -1.73. The second-order valence-corrected chi connectivity index (χ2v) is 5.22. The highest BCUT2D eigenvalue weighted by atomic mass is 16.5. The van der Waals surface area contributed by atoms with Gasteiger partial charge in [-0.2, -0.15) is 0 Å². The highest BCUT2D eigenvalue weighted by Crippen LogP contribution is 2.15. The fourth-order valence-corrected chi connectivity index (χ4v) is 2.28. The second-order valence-electron chi connectivity index (χ2n) is 5.22. The van der Waals surface area contributed by atoms with E-state index < -0.39 is 17.9 Å². The normalized spacial score (nSPS) is 10.6. The first-order valence-electron chi connectivity index (χ1n) is 7.83.